The molecule has 0 aliphatic carbocycles. The van der Waals surface area contributed by atoms with Crippen LogP contribution in [0.4, 0.5) is 4.79 Å². The molecule has 0 radical (unpaired) electrons. The lowest BCUT2D eigenvalue weighted by Crippen LogP contribution is -2.69. The van der Waals surface area contributed by atoms with Crippen molar-refractivity contribution in [1.29, 1.82) is 0 Å². The Balaban J connectivity index is 1.06. The standard InChI is InChI=1S/C78H125N19O33S/c1-32(2)53(91-51(106)27-82-50(105)20-10-9-19-49-56-42(31-131-49)90-77(126)94-56)67(116)93-55(36(6)128-74-58(86-38(8)102)61(111)60(110)48(129-74)30-127-78(75(124)125)26-46(103)57(85-37(7)101)62(130-78)59(109)47(104)29-99)69(118)89-41(28-98)64(113)83-33(3)70(119)95-22-12-17-44(95)66(115)88-40(25-52(107)108)63(112)92-54(35(5)100)68(117)87-39(15-11-21-81-76(79)80)72(121)96-23-13-16-43(96)65(114)84-34(4)71(120)97-24-14-18-45(97)73(122)123/h32-36,39-49,53-62,74,98-100,103-104,109-111H,9-31H2,1-8H3,(H,82,105)(H,83,113)(H,84,114)(H,85,101)(H,86,102)(H,87,117)(H,88,115)(H,89,118)(H,91,106)(H,92,112)(H,93,116)(H,107,108)(H,122,123)(H,124,125)(H4,79,80,81)(H2,90,94,126)/t33-,34-,35+,36+,39-,40-,41-,42-,43-,44-,45-,46-,47+,48+,49-,53-,54-,55-,56-,57+,58+,59+,60-,61+,62+,74-,78+/m0/s1. The van der Waals surface area contributed by atoms with Crippen molar-refractivity contribution < 1.29 is 161 Å². The maximum Gasteiger partial charge on any atom is 0.364 e. The van der Waals surface area contributed by atoms with Gasteiger partial charge in [-0.05, 0) is 97.8 Å². The van der Waals surface area contributed by atoms with Crippen LogP contribution in [0.25, 0.3) is 0 Å². The second-order valence-electron chi connectivity index (χ2n) is 33.7. The summed E-state index contributed by atoms with van der Waals surface area (Å²) in [5.74, 6) is -22.7. The van der Waals surface area contributed by atoms with Gasteiger partial charge in [0.1, 0.15) is 109 Å². The number of fused-ring (bicyclic) bond motifs is 1. The Morgan fingerprint density at radius 1 is 0.618 bits per heavy atom. The fourth-order valence-electron chi connectivity index (χ4n) is 16.4. The van der Waals surface area contributed by atoms with Gasteiger partial charge in [0.05, 0.1) is 69.2 Å². The Labute approximate surface area is 755 Å². The maximum atomic E-state index is 15.0. The molecule has 0 aromatic heterocycles. The molecule has 131 heavy (non-hydrogen) atoms. The highest BCUT2D eigenvalue weighted by molar-refractivity contribution is 8.00. The summed E-state index contributed by atoms with van der Waals surface area (Å²) < 4.78 is 23.6. The molecule has 0 unspecified atom stereocenters. The van der Waals surface area contributed by atoms with Gasteiger partial charge in [-0.3, -0.25) is 76.9 Å². The quantitative estimate of drug-likeness (QED) is 0.0116. The van der Waals surface area contributed by atoms with Crippen LogP contribution in [-0.2, 0) is 100 Å². The molecule has 16 amide bonds. The highest BCUT2D eigenvalue weighted by Crippen LogP contribution is 2.37. The number of amides is 16. The van der Waals surface area contributed by atoms with Gasteiger partial charge in [-0.1, -0.05) is 20.3 Å². The van der Waals surface area contributed by atoms with Gasteiger partial charge in [-0.25, -0.2) is 14.4 Å². The van der Waals surface area contributed by atoms with E-state index in [0.717, 1.165) is 55.1 Å². The van der Waals surface area contributed by atoms with Crippen molar-refractivity contribution in [2.24, 2.45) is 22.4 Å². The molecule has 7 fully saturated rings. The first-order valence-electron chi connectivity index (χ1n) is 43.1. The summed E-state index contributed by atoms with van der Waals surface area (Å²) in [4.78, 5) is 251. The summed E-state index contributed by atoms with van der Waals surface area (Å²) >= 11 is 1.69. The topological polar surface area (TPSA) is 797 Å². The number of unbranched alkanes of at least 4 members (excludes halogenated alkanes) is 1. The van der Waals surface area contributed by atoms with E-state index in [1.54, 1.807) is 11.8 Å². The van der Waals surface area contributed by atoms with Crippen molar-refractivity contribution in [3.05, 3.63) is 0 Å². The van der Waals surface area contributed by atoms with Crippen LogP contribution in [0.5, 0.6) is 0 Å². The summed E-state index contributed by atoms with van der Waals surface area (Å²) in [6.45, 7) is 4.95. The number of guanidine groups is 1. The van der Waals surface area contributed by atoms with Crippen molar-refractivity contribution in [2.75, 3.05) is 58.3 Å². The Morgan fingerprint density at radius 2 is 1.18 bits per heavy atom. The summed E-state index contributed by atoms with van der Waals surface area (Å²) in [5, 5.41) is 150. The number of ether oxygens (including phenoxy) is 4. The zero-order chi connectivity index (χ0) is 97.5. The van der Waals surface area contributed by atoms with Gasteiger partial charge in [0.15, 0.2) is 12.2 Å². The van der Waals surface area contributed by atoms with Crippen LogP contribution in [-0.4, -0.2) is 405 Å². The van der Waals surface area contributed by atoms with Crippen molar-refractivity contribution in [3.63, 3.8) is 0 Å². The summed E-state index contributed by atoms with van der Waals surface area (Å²) in [5.41, 5.74) is 11.0. The van der Waals surface area contributed by atoms with Gasteiger partial charge in [-0.2, -0.15) is 11.8 Å². The second kappa shape index (κ2) is 49.2. The second-order valence-corrected chi connectivity index (χ2v) is 35.0. The van der Waals surface area contributed by atoms with E-state index in [1.165, 1.54) is 20.8 Å². The van der Waals surface area contributed by atoms with Gasteiger partial charge in [0.25, 0.3) is 5.79 Å². The van der Waals surface area contributed by atoms with Crippen molar-refractivity contribution in [3.8, 4) is 0 Å². The molecule has 0 aromatic carbocycles. The lowest BCUT2D eigenvalue weighted by atomic mass is 9.88. The minimum Gasteiger partial charge on any atom is -0.481 e. The number of likely N-dealkylation sites (tertiary alicyclic amines) is 3. The van der Waals surface area contributed by atoms with E-state index in [9.17, 15) is 142 Å². The minimum atomic E-state index is -3.08. The number of thioether (sulfide) groups is 1. The highest BCUT2D eigenvalue weighted by atomic mass is 32.2. The molecule has 7 aliphatic heterocycles. The molecule has 0 saturated carbocycles. The molecule has 736 valence electrons. The van der Waals surface area contributed by atoms with E-state index in [-0.39, 0.29) is 107 Å². The molecular weight excluding hydrogens is 1760 g/mol. The SMILES string of the molecule is CC(=O)N[C@H]1[C@@H](O[C@H](C)[C@H](NC(=O)[C@@H](NC(=O)CNC(=O)CCCC[C@@H]2SC[C@@H]3NC(=O)N[C@@H]32)C(C)C)C(=O)N[C@@H](CO)C(=O)N[C@@H](C)C(=O)N2CCC[C@H]2C(=O)N[C@@H](CC(=O)O)C(=O)N[C@H](C(=O)N[C@@H](CCCN=C(N)N)C(=O)N2CCC[C@H]2C(=O)N[C@@H](C)C(=O)N2CCC[C@H]2C(=O)O)[C@@H](C)O)O[C@H](CO[C@]2(C(=O)O)C[C@H](O)[C@@H](NC(C)=O)[C@H]([C@H](O)[C@H](O)CO)O2)[C@H](O)[C@@H]1O. The fraction of sp³-hybridized carbons (Fsp3) is 0.756. The predicted molar refractivity (Wildman–Crippen MR) is 449 cm³/mol. The molecule has 7 saturated heterocycles. The van der Waals surface area contributed by atoms with E-state index < -0.39 is 291 Å². The number of carbonyl (C=O) groups excluding carboxylic acids is 15. The monoisotopic (exact) mass is 1890 g/mol. The summed E-state index contributed by atoms with van der Waals surface area (Å²) in [7, 11) is 0. The number of rotatable bonds is 47. The van der Waals surface area contributed by atoms with E-state index in [1.807, 2.05) is 0 Å². The molecular formula is C78H125N19O33S. The van der Waals surface area contributed by atoms with Crippen LogP contribution in [0, 0.1) is 5.92 Å². The largest absolute Gasteiger partial charge is 0.481 e. The van der Waals surface area contributed by atoms with Gasteiger partial charge >= 0.3 is 23.9 Å². The first-order valence-corrected chi connectivity index (χ1v) is 44.2. The number of carbonyl (C=O) groups is 18. The van der Waals surface area contributed by atoms with Crippen LogP contribution < -0.4 is 80.6 Å². The Morgan fingerprint density at radius 3 is 1.75 bits per heavy atom. The van der Waals surface area contributed by atoms with Crippen molar-refractivity contribution in [2.45, 2.75) is 308 Å². The highest BCUT2D eigenvalue weighted by Gasteiger charge is 2.58. The molecule has 0 aromatic rings. The molecule has 7 aliphatic rings. The van der Waals surface area contributed by atoms with Crippen LogP contribution in [0.1, 0.15) is 145 Å². The number of aliphatic carboxylic acids is 3. The molecule has 7 heterocycles. The van der Waals surface area contributed by atoms with Crippen LogP contribution in [0.15, 0.2) is 4.99 Å². The number of hydrogen-bond acceptors (Lipinski definition) is 32. The number of carboxylic acids is 3. The summed E-state index contributed by atoms with van der Waals surface area (Å²) in [6.07, 6.45) is -20.5. The number of aliphatic hydroxyl groups is 8. The molecule has 0 spiro atoms. The molecule has 53 heteroatoms. The van der Waals surface area contributed by atoms with Gasteiger partial charge in [-0.15, -0.1) is 0 Å². The number of nitrogens with zero attached hydrogens (tertiary/aromatic N) is 4. The van der Waals surface area contributed by atoms with Crippen molar-refractivity contribution in [1.82, 2.24) is 83.8 Å². The van der Waals surface area contributed by atoms with E-state index in [4.69, 9.17) is 30.4 Å². The molecule has 27 atom stereocenters. The Kier molecular flexibility index (Phi) is 40.4. The van der Waals surface area contributed by atoms with E-state index in [0.29, 0.717) is 25.7 Å². The normalized spacial score (nSPS) is 27.3. The number of hydrogen-bond donors (Lipinski definition) is 26. The molecule has 52 nitrogen and oxygen atoms in total. The zero-order valence-corrected chi connectivity index (χ0v) is 74.4. The average Bonchev–Trinajstić information content (AvgIpc) is 1.71. The average molecular weight is 1890 g/mol. The van der Waals surface area contributed by atoms with E-state index in [2.05, 4.69) is 74.1 Å². The van der Waals surface area contributed by atoms with Gasteiger partial charge in [0.2, 0.25) is 82.7 Å². The summed E-state index contributed by atoms with van der Waals surface area (Å²) in [6, 6.07) is -22.2. The van der Waals surface area contributed by atoms with Crippen molar-refractivity contribution >= 4 is 124 Å². The Bertz CT molecular complexity index is 4140. The number of aliphatic imine (C=N–C) groups is 1. The first kappa shape index (κ1) is 107. The van der Waals surface area contributed by atoms with Crippen LogP contribution in [0.2, 0.25) is 0 Å². The first-order chi connectivity index (χ1) is 61.6. The number of nitrogens with two attached hydrogens (primary N) is 2. The molecule has 7 rings (SSSR count). The lowest BCUT2D eigenvalue weighted by molar-refractivity contribution is -0.332. The Hall–Kier alpha value is -10.6. The van der Waals surface area contributed by atoms with Crippen LogP contribution >= 0.6 is 11.8 Å². The van der Waals surface area contributed by atoms with Gasteiger partial charge < -0.3 is 170 Å². The third-order valence-electron chi connectivity index (χ3n) is 23.3. The number of carboxylic acid groups (broad SMARTS) is 3. The molecule has 28 N–H and O–H groups in total. The van der Waals surface area contributed by atoms with E-state index >= 15 is 0 Å². The number of aliphatic hydroxyl groups excluding tert-OH is 8. The number of nitrogens with one attached hydrogen (secondary N) is 13. The smallest absolute Gasteiger partial charge is 0.364 e. The van der Waals surface area contributed by atoms with Gasteiger partial charge in [0, 0.05) is 63.9 Å². The number of urea groups is 1. The van der Waals surface area contributed by atoms with Crippen LogP contribution in [0.3, 0.4) is 0 Å². The fourth-order valence-corrected chi connectivity index (χ4v) is 18.0. The third-order valence-corrected chi connectivity index (χ3v) is 24.8. The maximum absolute atomic E-state index is 15.0. The zero-order valence-electron chi connectivity index (χ0n) is 73.6. The molecule has 0 bridgehead atoms. The third kappa shape index (κ3) is 29.2. The minimum absolute atomic E-state index is 0.00814. The lowest BCUT2D eigenvalue weighted by Gasteiger charge is -2.48. The predicted octanol–water partition coefficient (Wildman–Crippen LogP) is -12.1.